The van der Waals surface area contributed by atoms with Crippen LogP contribution in [0.1, 0.15) is 20.3 Å². The maximum Gasteiger partial charge on any atom is 0.0964 e. The zero-order valence-electron chi connectivity index (χ0n) is 9.24. The second-order valence-corrected chi connectivity index (χ2v) is 4.76. The summed E-state index contributed by atoms with van der Waals surface area (Å²) in [5, 5.41) is 0. The first-order chi connectivity index (χ1) is 6.75. The second kappa shape index (κ2) is 4.60. The van der Waals surface area contributed by atoms with E-state index in [0.29, 0.717) is 12.2 Å². The zero-order chi connectivity index (χ0) is 9.97. The second-order valence-electron chi connectivity index (χ2n) is 4.76. The molecule has 2 heterocycles. The van der Waals surface area contributed by atoms with Crippen LogP contribution in [0, 0.1) is 5.92 Å². The normalized spacial score (nSPS) is 34.5. The van der Waals surface area contributed by atoms with Crippen LogP contribution >= 0.6 is 0 Å². The van der Waals surface area contributed by atoms with Crippen molar-refractivity contribution in [2.45, 2.75) is 32.5 Å². The van der Waals surface area contributed by atoms with Gasteiger partial charge in [0.15, 0.2) is 0 Å². The molecule has 3 heteroatoms. The van der Waals surface area contributed by atoms with E-state index in [4.69, 9.17) is 9.47 Å². The lowest BCUT2D eigenvalue weighted by molar-refractivity contribution is -0.165. The van der Waals surface area contributed by atoms with E-state index in [2.05, 4.69) is 18.7 Å². The van der Waals surface area contributed by atoms with E-state index in [1.165, 1.54) is 13.1 Å². The van der Waals surface area contributed by atoms with Crippen molar-refractivity contribution in [3.05, 3.63) is 0 Å². The zero-order valence-corrected chi connectivity index (χ0v) is 9.24. The molecule has 0 radical (unpaired) electrons. The molecule has 0 N–H and O–H groups in total. The Hall–Kier alpha value is -0.120. The first-order valence-corrected chi connectivity index (χ1v) is 5.71. The topological polar surface area (TPSA) is 21.7 Å². The summed E-state index contributed by atoms with van der Waals surface area (Å²) in [7, 11) is 0. The van der Waals surface area contributed by atoms with Crippen LogP contribution in [0.15, 0.2) is 0 Å². The molecule has 0 aromatic carbocycles. The van der Waals surface area contributed by atoms with Crippen molar-refractivity contribution in [2.24, 2.45) is 5.92 Å². The molecule has 2 atom stereocenters. The molecule has 0 amide bonds. The van der Waals surface area contributed by atoms with Gasteiger partial charge in [-0.3, -0.25) is 0 Å². The quantitative estimate of drug-likeness (QED) is 0.665. The molecule has 14 heavy (non-hydrogen) atoms. The lowest BCUT2D eigenvalue weighted by atomic mass is 10.0. The van der Waals surface area contributed by atoms with Crippen molar-refractivity contribution in [1.29, 1.82) is 0 Å². The van der Waals surface area contributed by atoms with Crippen molar-refractivity contribution in [3.8, 4) is 0 Å². The summed E-state index contributed by atoms with van der Waals surface area (Å²) < 4.78 is 11.4. The highest BCUT2D eigenvalue weighted by molar-refractivity contribution is 4.84. The van der Waals surface area contributed by atoms with Crippen LogP contribution in [0.5, 0.6) is 0 Å². The van der Waals surface area contributed by atoms with Gasteiger partial charge in [-0.15, -0.1) is 0 Å². The number of fused-ring (bicyclic) bond motifs is 1. The number of likely N-dealkylation sites (tertiary alicyclic amines) is 1. The van der Waals surface area contributed by atoms with Gasteiger partial charge in [0.2, 0.25) is 0 Å². The average molecular weight is 199 g/mol. The number of hydrogen-bond donors (Lipinski definition) is 0. The lowest BCUT2D eigenvalue weighted by Crippen LogP contribution is -2.52. The summed E-state index contributed by atoms with van der Waals surface area (Å²) in [6.45, 7) is 9.51. The smallest absolute Gasteiger partial charge is 0.0964 e. The van der Waals surface area contributed by atoms with Crippen LogP contribution in [0.25, 0.3) is 0 Å². The van der Waals surface area contributed by atoms with Crippen molar-refractivity contribution in [3.63, 3.8) is 0 Å². The fourth-order valence-electron chi connectivity index (χ4n) is 2.39. The summed E-state index contributed by atoms with van der Waals surface area (Å²) in [4.78, 5) is 2.50. The van der Waals surface area contributed by atoms with Crippen LogP contribution in [-0.4, -0.2) is 50.0 Å². The first kappa shape index (κ1) is 10.4. The maximum atomic E-state index is 5.73. The van der Waals surface area contributed by atoms with Crippen molar-refractivity contribution < 1.29 is 9.47 Å². The highest BCUT2D eigenvalue weighted by Gasteiger charge is 2.32. The molecule has 2 saturated heterocycles. The summed E-state index contributed by atoms with van der Waals surface area (Å²) in [6, 6.07) is 0. The Kier molecular flexibility index (Phi) is 3.42. The predicted molar refractivity (Wildman–Crippen MR) is 55.4 cm³/mol. The molecule has 82 valence electrons. The molecule has 0 aromatic heterocycles. The largest absolute Gasteiger partial charge is 0.373 e. The number of piperidine rings is 1. The molecule has 3 nitrogen and oxygen atoms in total. The van der Waals surface area contributed by atoms with Crippen LogP contribution < -0.4 is 0 Å². The van der Waals surface area contributed by atoms with Gasteiger partial charge in [-0.25, -0.2) is 0 Å². The number of nitrogens with zero attached hydrogens (tertiary/aromatic N) is 1. The monoisotopic (exact) mass is 199 g/mol. The molecule has 2 rings (SSSR count). The van der Waals surface area contributed by atoms with Crippen LogP contribution in [0.4, 0.5) is 0 Å². The van der Waals surface area contributed by atoms with E-state index in [1.54, 1.807) is 0 Å². The molecule has 0 aromatic rings. The van der Waals surface area contributed by atoms with Crippen molar-refractivity contribution >= 4 is 0 Å². The van der Waals surface area contributed by atoms with E-state index in [0.717, 1.165) is 32.1 Å². The molecule has 2 unspecified atom stereocenters. The van der Waals surface area contributed by atoms with Gasteiger partial charge in [0, 0.05) is 19.6 Å². The van der Waals surface area contributed by atoms with Gasteiger partial charge >= 0.3 is 0 Å². The van der Waals surface area contributed by atoms with E-state index >= 15 is 0 Å². The molecule has 0 aliphatic carbocycles. The molecular weight excluding hydrogens is 178 g/mol. The highest BCUT2D eigenvalue weighted by atomic mass is 16.6. The fraction of sp³-hybridized carbons (Fsp3) is 1.00. The van der Waals surface area contributed by atoms with Gasteiger partial charge in [0.05, 0.1) is 25.4 Å². The van der Waals surface area contributed by atoms with Gasteiger partial charge < -0.3 is 14.4 Å². The predicted octanol–water partition coefficient (Wildman–Crippen LogP) is 1.13. The number of hydrogen-bond acceptors (Lipinski definition) is 3. The summed E-state index contributed by atoms with van der Waals surface area (Å²) in [6.07, 6.45) is 1.83. The van der Waals surface area contributed by atoms with E-state index in [1.807, 2.05) is 0 Å². The summed E-state index contributed by atoms with van der Waals surface area (Å²) >= 11 is 0. The Bertz CT molecular complexity index is 184. The third kappa shape index (κ3) is 2.47. The fourth-order valence-corrected chi connectivity index (χ4v) is 2.39. The minimum Gasteiger partial charge on any atom is -0.373 e. The maximum absolute atomic E-state index is 5.73. The average Bonchev–Trinajstić information content (AvgIpc) is 2.17. The van der Waals surface area contributed by atoms with Gasteiger partial charge in [0.1, 0.15) is 0 Å². The Labute approximate surface area is 86.4 Å². The summed E-state index contributed by atoms with van der Waals surface area (Å²) in [5.74, 6) is 0.746. The minimum absolute atomic E-state index is 0.330. The first-order valence-electron chi connectivity index (χ1n) is 5.71. The Morgan fingerprint density at radius 3 is 2.64 bits per heavy atom. The van der Waals surface area contributed by atoms with Gasteiger partial charge in [-0.1, -0.05) is 13.8 Å². The SMILES string of the molecule is CC(C)CN1CCC2OCCOC2C1. The Morgan fingerprint density at radius 2 is 1.93 bits per heavy atom. The molecule has 2 aliphatic heterocycles. The number of rotatable bonds is 2. The van der Waals surface area contributed by atoms with Crippen molar-refractivity contribution in [1.82, 2.24) is 4.90 Å². The Morgan fingerprint density at radius 1 is 1.21 bits per heavy atom. The van der Waals surface area contributed by atoms with Crippen LogP contribution in [0.3, 0.4) is 0 Å². The molecule has 0 bridgehead atoms. The van der Waals surface area contributed by atoms with Gasteiger partial charge in [-0.2, -0.15) is 0 Å². The molecule has 0 saturated carbocycles. The summed E-state index contributed by atoms with van der Waals surface area (Å²) in [5.41, 5.74) is 0. The van der Waals surface area contributed by atoms with Gasteiger partial charge in [-0.05, 0) is 12.3 Å². The molecule has 2 fully saturated rings. The minimum atomic E-state index is 0.330. The van der Waals surface area contributed by atoms with Crippen LogP contribution in [0.2, 0.25) is 0 Å². The van der Waals surface area contributed by atoms with E-state index in [9.17, 15) is 0 Å². The van der Waals surface area contributed by atoms with Gasteiger partial charge in [0.25, 0.3) is 0 Å². The number of ether oxygens (including phenoxy) is 2. The Balaban J connectivity index is 1.83. The van der Waals surface area contributed by atoms with E-state index < -0.39 is 0 Å². The standard InChI is InChI=1S/C11H21NO2/c1-9(2)7-12-4-3-10-11(8-12)14-6-5-13-10/h9-11H,3-8H2,1-2H3. The lowest BCUT2D eigenvalue weighted by Gasteiger charge is -2.41. The third-order valence-corrected chi connectivity index (χ3v) is 2.95. The molecule has 2 aliphatic rings. The van der Waals surface area contributed by atoms with E-state index in [-0.39, 0.29) is 0 Å². The third-order valence-electron chi connectivity index (χ3n) is 2.95. The van der Waals surface area contributed by atoms with Crippen molar-refractivity contribution in [2.75, 3.05) is 32.8 Å². The molecule has 0 spiro atoms. The molecular formula is C11H21NO2. The van der Waals surface area contributed by atoms with Crippen LogP contribution in [-0.2, 0) is 9.47 Å². The highest BCUT2D eigenvalue weighted by Crippen LogP contribution is 2.20.